The number of rotatable bonds is 5. The zero-order valence-electron chi connectivity index (χ0n) is 9.33. The normalized spacial score (nSPS) is 11.8. The van der Waals surface area contributed by atoms with E-state index in [0.29, 0.717) is 0 Å². The van der Waals surface area contributed by atoms with Crippen molar-refractivity contribution in [3.8, 4) is 11.5 Å². The van der Waals surface area contributed by atoms with Gasteiger partial charge in [-0.05, 0) is 12.1 Å². The lowest BCUT2D eigenvalue weighted by atomic mass is 10.1. The van der Waals surface area contributed by atoms with Gasteiger partial charge in [-0.1, -0.05) is 6.07 Å². The molecule has 0 radical (unpaired) electrons. The standard InChI is InChI=1S/C11H13NO6/c13-7-3-1-2-6(9(7)15)10(16)12-5-4-8(14)11(17)18/h1-3,8,13-15H,4-5H2,(H,12,16)(H,17,18)/t8-/m0/s1. The Morgan fingerprint density at radius 1 is 1.28 bits per heavy atom. The molecular weight excluding hydrogens is 242 g/mol. The molecule has 1 atom stereocenters. The highest BCUT2D eigenvalue weighted by atomic mass is 16.4. The Bertz CT molecular complexity index is 459. The van der Waals surface area contributed by atoms with Crippen LogP contribution in [0.15, 0.2) is 18.2 Å². The first-order valence-corrected chi connectivity index (χ1v) is 5.13. The van der Waals surface area contributed by atoms with Crippen molar-refractivity contribution in [2.24, 2.45) is 0 Å². The number of hydrogen-bond acceptors (Lipinski definition) is 5. The molecule has 7 heteroatoms. The maximum absolute atomic E-state index is 11.6. The molecule has 0 saturated carbocycles. The molecule has 1 aromatic rings. The Morgan fingerprint density at radius 2 is 1.94 bits per heavy atom. The van der Waals surface area contributed by atoms with E-state index in [-0.39, 0.29) is 18.5 Å². The molecule has 0 aliphatic heterocycles. The zero-order chi connectivity index (χ0) is 13.7. The van der Waals surface area contributed by atoms with Crippen molar-refractivity contribution in [3.63, 3.8) is 0 Å². The zero-order valence-corrected chi connectivity index (χ0v) is 9.33. The van der Waals surface area contributed by atoms with E-state index in [0.717, 1.165) is 0 Å². The number of amides is 1. The van der Waals surface area contributed by atoms with Crippen LogP contribution in [0, 0.1) is 0 Å². The molecule has 0 aliphatic rings. The van der Waals surface area contributed by atoms with Crippen molar-refractivity contribution in [3.05, 3.63) is 23.8 Å². The lowest BCUT2D eigenvalue weighted by Gasteiger charge is -2.08. The summed E-state index contributed by atoms with van der Waals surface area (Å²) in [6, 6.07) is 3.91. The van der Waals surface area contributed by atoms with Crippen LogP contribution in [0.2, 0.25) is 0 Å². The van der Waals surface area contributed by atoms with Gasteiger partial charge < -0.3 is 25.7 Å². The summed E-state index contributed by atoms with van der Waals surface area (Å²) in [6.07, 6.45) is -1.70. The molecule has 1 amide bonds. The van der Waals surface area contributed by atoms with Gasteiger partial charge in [-0.2, -0.15) is 0 Å². The monoisotopic (exact) mass is 255 g/mol. The second-order valence-electron chi connectivity index (χ2n) is 3.57. The molecule has 0 unspecified atom stereocenters. The van der Waals surface area contributed by atoms with Crippen molar-refractivity contribution in [1.29, 1.82) is 0 Å². The van der Waals surface area contributed by atoms with E-state index in [9.17, 15) is 19.8 Å². The van der Waals surface area contributed by atoms with Crippen LogP contribution in [0.25, 0.3) is 0 Å². The molecule has 18 heavy (non-hydrogen) atoms. The van der Waals surface area contributed by atoms with Crippen LogP contribution < -0.4 is 5.32 Å². The summed E-state index contributed by atoms with van der Waals surface area (Å²) in [6.45, 7) is -0.0681. The fourth-order valence-corrected chi connectivity index (χ4v) is 1.26. The quantitative estimate of drug-likeness (QED) is 0.458. The number of carbonyl (C=O) groups excluding carboxylic acids is 1. The Balaban J connectivity index is 2.56. The highest BCUT2D eigenvalue weighted by Gasteiger charge is 2.16. The van der Waals surface area contributed by atoms with E-state index in [1.807, 2.05) is 0 Å². The number of hydrogen-bond donors (Lipinski definition) is 5. The van der Waals surface area contributed by atoms with Gasteiger partial charge >= 0.3 is 5.97 Å². The summed E-state index contributed by atoms with van der Waals surface area (Å²) < 4.78 is 0. The lowest BCUT2D eigenvalue weighted by molar-refractivity contribution is -0.146. The fourth-order valence-electron chi connectivity index (χ4n) is 1.26. The van der Waals surface area contributed by atoms with Gasteiger partial charge in [0.2, 0.25) is 0 Å². The molecule has 5 N–H and O–H groups in total. The molecule has 98 valence electrons. The van der Waals surface area contributed by atoms with Crippen LogP contribution >= 0.6 is 0 Å². The number of aliphatic hydroxyl groups is 1. The third-order valence-corrected chi connectivity index (χ3v) is 2.25. The summed E-state index contributed by atoms with van der Waals surface area (Å²) in [5.41, 5.74) is -0.125. The highest BCUT2D eigenvalue weighted by molar-refractivity contribution is 5.97. The predicted octanol–water partition coefficient (Wildman–Crippen LogP) is -0.337. The van der Waals surface area contributed by atoms with Crippen LogP contribution in [0.5, 0.6) is 11.5 Å². The van der Waals surface area contributed by atoms with E-state index in [1.165, 1.54) is 18.2 Å². The van der Waals surface area contributed by atoms with Crippen molar-refractivity contribution >= 4 is 11.9 Å². The molecule has 0 fully saturated rings. The van der Waals surface area contributed by atoms with Crippen LogP contribution in [0.4, 0.5) is 0 Å². The van der Waals surface area contributed by atoms with Gasteiger partial charge in [-0.25, -0.2) is 4.79 Å². The van der Waals surface area contributed by atoms with E-state index >= 15 is 0 Å². The molecule has 1 aromatic carbocycles. The van der Waals surface area contributed by atoms with E-state index in [4.69, 9.17) is 10.2 Å². The SMILES string of the molecule is O=C(NCC[C@H](O)C(=O)O)c1cccc(O)c1O. The number of phenolic OH excluding ortho intramolecular Hbond substituents is 2. The molecular formula is C11H13NO6. The molecule has 0 spiro atoms. The van der Waals surface area contributed by atoms with Crippen molar-refractivity contribution in [1.82, 2.24) is 5.32 Å². The van der Waals surface area contributed by atoms with Gasteiger partial charge in [0.25, 0.3) is 5.91 Å². The summed E-state index contributed by atoms with van der Waals surface area (Å²) in [4.78, 5) is 21.9. The highest BCUT2D eigenvalue weighted by Crippen LogP contribution is 2.27. The summed E-state index contributed by atoms with van der Waals surface area (Å²) in [5.74, 6) is -3.01. The topological polar surface area (TPSA) is 127 Å². The molecule has 0 bridgehead atoms. The maximum Gasteiger partial charge on any atom is 0.332 e. The summed E-state index contributed by atoms with van der Waals surface area (Å²) in [7, 11) is 0. The number of benzene rings is 1. The van der Waals surface area contributed by atoms with Crippen molar-refractivity contribution in [2.45, 2.75) is 12.5 Å². The minimum Gasteiger partial charge on any atom is -0.504 e. The number of carboxylic acid groups (broad SMARTS) is 1. The van der Waals surface area contributed by atoms with E-state index < -0.39 is 29.5 Å². The number of phenols is 2. The van der Waals surface area contributed by atoms with Crippen LogP contribution in [-0.4, -0.2) is 45.0 Å². The Labute approximate surface area is 102 Å². The minimum absolute atomic E-state index is 0.0681. The molecule has 7 nitrogen and oxygen atoms in total. The molecule has 0 aliphatic carbocycles. The number of carbonyl (C=O) groups is 2. The van der Waals surface area contributed by atoms with Crippen LogP contribution in [-0.2, 0) is 4.79 Å². The molecule has 0 aromatic heterocycles. The number of nitrogens with one attached hydrogen (secondary N) is 1. The third kappa shape index (κ3) is 3.36. The average molecular weight is 255 g/mol. The lowest BCUT2D eigenvalue weighted by Crippen LogP contribution is -2.30. The molecule has 0 saturated heterocycles. The fraction of sp³-hybridized carbons (Fsp3) is 0.273. The predicted molar refractivity (Wildman–Crippen MR) is 60.4 cm³/mol. The number of aliphatic carboxylic acids is 1. The van der Waals surface area contributed by atoms with E-state index in [2.05, 4.69) is 5.32 Å². The van der Waals surface area contributed by atoms with Crippen molar-refractivity contribution in [2.75, 3.05) is 6.54 Å². The second-order valence-corrected chi connectivity index (χ2v) is 3.57. The Kier molecular flexibility index (Phi) is 4.50. The number of aromatic hydroxyl groups is 2. The largest absolute Gasteiger partial charge is 0.504 e. The first-order chi connectivity index (χ1) is 8.43. The minimum atomic E-state index is -1.55. The van der Waals surface area contributed by atoms with Crippen LogP contribution in [0.1, 0.15) is 16.8 Å². The first-order valence-electron chi connectivity index (χ1n) is 5.13. The van der Waals surface area contributed by atoms with Gasteiger partial charge in [0, 0.05) is 13.0 Å². The van der Waals surface area contributed by atoms with Gasteiger partial charge in [0.05, 0.1) is 5.56 Å². The van der Waals surface area contributed by atoms with Gasteiger partial charge in [0.1, 0.15) is 0 Å². The molecule has 0 heterocycles. The van der Waals surface area contributed by atoms with Crippen LogP contribution in [0.3, 0.4) is 0 Å². The smallest absolute Gasteiger partial charge is 0.332 e. The van der Waals surface area contributed by atoms with Gasteiger partial charge in [-0.15, -0.1) is 0 Å². The van der Waals surface area contributed by atoms with Gasteiger partial charge in [-0.3, -0.25) is 4.79 Å². The second kappa shape index (κ2) is 5.87. The average Bonchev–Trinajstić information content (AvgIpc) is 2.32. The Hall–Kier alpha value is -2.28. The third-order valence-electron chi connectivity index (χ3n) is 2.25. The van der Waals surface area contributed by atoms with Crippen molar-refractivity contribution < 1.29 is 30.0 Å². The number of para-hydroxylation sites is 1. The summed E-state index contributed by atoms with van der Waals surface area (Å²) >= 11 is 0. The molecule has 1 rings (SSSR count). The maximum atomic E-state index is 11.6. The van der Waals surface area contributed by atoms with E-state index in [1.54, 1.807) is 0 Å². The summed E-state index contributed by atoms with van der Waals surface area (Å²) in [5, 5.41) is 38.3. The number of aliphatic hydroxyl groups excluding tert-OH is 1. The number of carboxylic acids is 1. The Morgan fingerprint density at radius 3 is 2.56 bits per heavy atom. The first kappa shape index (κ1) is 13.8. The van der Waals surface area contributed by atoms with Gasteiger partial charge in [0.15, 0.2) is 17.6 Å².